The Bertz CT molecular complexity index is 496. The van der Waals surface area contributed by atoms with Crippen molar-refractivity contribution in [1.82, 2.24) is 4.90 Å². The molecule has 0 spiro atoms. The van der Waals surface area contributed by atoms with Crippen LogP contribution in [0.1, 0.15) is 24.8 Å². The lowest BCUT2D eigenvalue weighted by Gasteiger charge is -2.30. The molecule has 0 radical (unpaired) electrons. The van der Waals surface area contributed by atoms with Gasteiger partial charge in [-0.15, -0.1) is 12.4 Å². The molecule has 1 unspecified atom stereocenters. The molecule has 1 saturated heterocycles. The first-order valence-electron chi connectivity index (χ1n) is 7.41. The Balaban J connectivity index is 0.00000242. The summed E-state index contributed by atoms with van der Waals surface area (Å²) >= 11 is 0. The highest BCUT2D eigenvalue weighted by Crippen LogP contribution is 2.27. The number of carbonyl (C=O) groups is 1. The molecule has 0 saturated carbocycles. The zero-order chi connectivity index (χ0) is 15.2. The van der Waals surface area contributed by atoms with Crippen molar-refractivity contribution in [1.29, 1.82) is 0 Å². The van der Waals surface area contributed by atoms with E-state index in [-0.39, 0.29) is 24.4 Å². The summed E-state index contributed by atoms with van der Waals surface area (Å²) in [4.78, 5) is 13.9. The summed E-state index contributed by atoms with van der Waals surface area (Å²) in [5.74, 6) is 1.48. The Labute approximate surface area is 138 Å². The zero-order valence-electron chi connectivity index (χ0n) is 13.2. The molecule has 1 atom stereocenters. The molecule has 0 aromatic heterocycles. The maximum absolute atomic E-state index is 12.1. The monoisotopic (exact) mass is 328 g/mol. The quantitative estimate of drug-likeness (QED) is 0.899. The van der Waals surface area contributed by atoms with Crippen molar-refractivity contribution < 1.29 is 14.3 Å². The summed E-state index contributed by atoms with van der Waals surface area (Å²) in [7, 11) is 1.61. The average molecular weight is 329 g/mol. The molecule has 2 rings (SSSR count). The molecule has 1 heterocycles. The third kappa shape index (κ3) is 5.07. The normalized spacial score (nSPS) is 17.6. The maximum Gasteiger partial charge on any atom is 0.226 e. The van der Waals surface area contributed by atoms with Crippen LogP contribution in [0.2, 0.25) is 0 Å². The summed E-state index contributed by atoms with van der Waals surface area (Å²) in [6, 6.07) is 5.86. The molecule has 1 aliphatic rings. The van der Waals surface area contributed by atoms with Gasteiger partial charge in [0, 0.05) is 19.1 Å². The molecule has 0 bridgehead atoms. The van der Waals surface area contributed by atoms with Crippen molar-refractivity contribution in [3.8, 4) is 11.5 Å². The van der Waals surface area contributed by atoms with E-state index in [4.69, 9.17) is 15.2 Å². The molecule has 1 aromatic rings. The number of nitrogens with two attached hydrogens (primary N) is 1. The van der Waals surface area contributed by atoms with E-state index < -0.39 is 0 Å². The zero-order valence-corrected chi connectivity index (χ0v) is 14.0. The second-order valence-electron chi connectivity index (χ2n) is 5.49. The number of ether oxygens (including phenoxy) is 2. The fraction of sp³-hybridized carbons (Fsp3) is 0.562. The van der Waals surface area contributed by atoms with Gasteiger partial charge < -0.3 is 20.1 Å². The molecule has 6 heteroatoms. The highest BCUT2D eigenvalue weighted by Gasteiger charge is 2.20. The first-order chi connectivity index (χ1) is 10.1. The summed E-state index contributed by atoms with van der Waals surface area (Å²) in [6.45, 7) is 3.81. The second kappa shape index (κ2) is 8.86. The smallest absolute Gasteiger partial charge is 0.226 e. The second-order valence-corrected chi connectivity index (χ2v) is 5.49. The van der Waals surface area contributed by atoms with E-state index in [0.717, 1.165) is 24.9 Å². The molecule has 2 N–H and O–H groups in total. The Morgan fingerprint density at radius 1 is 1.41 bits per heavy atom. The van der Waals surface area contributed by atoms with Crippen molar-refractivity contribution in [2.24, 2.45) is 5.73 Å². The maximum atomic E-state index is 12.1. The van der Waals surface area contributed by atoms with Crippen LogP contribution in [-0.2, 0) is 4.79 Å². The van der Waals surface area contributed by atoms with Crippen LogP contribution >= 0.6 is 12.4 Å². The molecule has 1 fully saturated rings. The number of halogens is 1. The van der Waals surface area contributed by atoms with Crippen molar-refractivity contribution >= 4 is 18.3 Å². The van der Waals surface area contributed by atoms with Gasteiger partial charge in [-0.05, 0) is 37.5 Å². The Morgan fingerprint density at radius 3 is 2.86 bits per heavy atom. The van der Waals surface area contributed by atoms with Crippen LogP contribution in [0.15, 0.2) is 18.2 Å². The summed E-state index contributed by atoms with van der Waals surface area (Å²) < 4.78 is 10.9. The Morgan fingerprint density at radius 2 is 2.18 bits per heavy atom. The number of hydrogen-bond acceptors (Lipinski definition) is 4. The molecular formula is C16H25ClN2O3. The molecule has 1 aliphatic heterocycles. The predicted octanol–water partition coefficient (Wildman–Crippen LogP) is 2.14. The van der Waals surface area contributed by atoms with Crippen LogP contribution in [0.4, 0.5) is 0 Å². The number of aryl methyl sites for hydroxylation is 1. The highest BCUT2D eigenvalue weighted by molar-refractivity contribution is 5.85. The standard InChI is InChI=1S/C16H24N2O3.ClH/c1-12-5-6-14(15(10-12)20-2)21-9-7-16(19)18-8-3-4-13(17)11-18;/h5-6,10,13H,3-4,7-9,11,17H2,1-2H3;1H. The van der Waals surface area contributed by atoms with Crippen molar-refractivity contribution in [2.75, 3.05) is 26.8 Å². The lowest BCUT2D eigenvalue weighted by Crippen LogP contribution is -2.46. The molecule has 1 amide bonds. The third-order valence-electron chi connectivity index (χ3n) is 3.70. The van der Waals surface area contributed by atoms with Crippen LogP contribution < -0.4 is 15.2 Å². The number of benzene rings is 1. The van der Waals surface area contributed by atoms with Gasteiger partial charge in [0.1, 0.15) is 0 Å². The van der Waals surface area contributed by atoms with Gasteiger partial charge in [0.05, 0.1) is 20.1 Å². The first-order valence-corrected chi connectivity index (χ1v) is 7.41. The van der Waals surface area contributed by atoms with Crippen LogP contribution in [0.25, 0.3) is 0 Å². The van der Waals surface area contributed by atoms with E-state index in [9.17, 15) is 4.79 Å². The molecule has 5 nitrogen and oxygen atoms in total. The van der Waals surface area contributed by atoms with E-state index in [1.165, 1.54) is 0 Å². The number of carbonyl (C=O) groups excluding carboxylic acids is 1. The summed E-state index contributed by atoms with van der Waals surface area (Å²) in [5, 5.41) is 0. The van der Waals surface area contributed by atoms with Crippen molar-refractivity contribution in [2.45, 2.75) is 32.2 Å². The Hall–Kier alpha value is -1.46. The minimum Gasteiger partial charge on any atom is -0.493 e. The number of piperidine rings is 1. The topological polar surface area (TPSA) is 64.8 Å². The largest absolute Gasteiger partial charge is 0.493 e. The molecular weight excluding hydrogens is 304 g/mol. The number of amides is 1. The first kappa shape index (κ1) is 18.6. The number of hydrogen-bond donors (Lipinski definition) is 1. The van der Waals surface area contributed by atoms with E-state index in [0.29, 0.717) is 31.1 Å². The van der Waals surface area contributed by atoms with E-state index >= 15 is 0 Å². The van der Waals surface area contributed by atoms with Gasteiger partial charge in [0.15, 0.2) is 11.5 Å². The lowest BCUT2D eigenvalue weighted by atomic mass is 10.1. The van der Waals surface area contributed by atoms with E-state index in [2.05, 4.69) is 0 Å². The van der Waals surface area contributed by atoms with Crippen LogP contribution in [-0.4, -0.2) is 43.7 Å². The van der Waals surface area contributed by atoms with Gasteiger partial charge in [0.25, 0.3) is 0 Å². The SMILES string of the molecule is COc1cc(C)ccc1OCCC(=O)N1CCCC(N)C1.Cl. The average Bonchev–Trinajstić information content (AvgIpc) is 2.48. The minimum atomic E-state index is 0. The van der Waals surface area contributed by atoms with Crippen LogP contribution in [0.5, 0.6) is 11.5 Å². The molecule has 0 aliphatic carbocycles. The number of methoxy groups -OCH3 is 1. The van der Waals surface area contributed by atoms with Crippen LogP contribution in [0, 0.1) is 6.92 Å². The van der Waals surface area contributed by atoms with Gasteiger partial charge in [-0.3, -0.25) is 4.79 Å². The molecule has 1 aromatic carbocycles. The van der Waals surface area contributed by atoms with Gasteiger partial charge >= 0.3 is 0 Å². The number of likely N-dealkylation sites (tertiary alicyclic amines) is 1. The molecule has 22 heavy (non-hydrogen) atoms. The fourth-order valence-electron chi connectivity index (χ4n) is 2.54. The van der Waals surface area contributed by atoms with Gasteiger partial charge in [-0.25, -0.2) is 0 Å². The molecule has 124 valence electrons. The van der Waals surface area contributed by atoms with Crippen molar-refractivity contribution in [3.63, 3.8) is 0 Å². The highest BCUT2D eigenvalue weighted by atomic mass is 35.5. The summed E-state index contributed by atoms with van der Waals surface area (Å²) in [6.07, 6.45) is 2.35. The number of nitrogens with zero attached hydrogens (tertiary/aromatic N) is 1. The van der Waals surface area contributed by atoms with Gasteiger partial charge in [-0.2, -0.15) is 0 Å². The van der Waals surface area contributed by atoms with E-state index in [1.807, 2.05) is 30.0 Å². The summed E-state index contributed by atoms with van der Waals surface area (Å²) in [5.41, 5.74) is 7.00. The fourth-order valence-corrected chi connectivity index (χ4v) is 2.54. The van der Waals surface area contributed by atoms with Crippen molar-refractivity contribution in [3.05, 3.63) is 23.8 Å². The van der Waals surface area contributed by atoms with Crippen LogP contribution in [0.3, 0.4) is 0 Å². The third-order valence-corrected chi connectivity index (χ3v) is 3.70. The Kier molecular flexibility index (Phi) is 7.48. The minimum absolute atomic E-state index is 0. The van der Waals surface area contributed by atoms with Gasteiger partial charge in [-0.1, -0.05) is 6.07 Å². The lowest BCUT2D eigenvalue weighted by molar-refractivity contribution is -0.132. The van der Waals surface area contributed by atoms with E-state index in [1.54, 1.807) is 7.11 Å². The number of rotatable bonds is 5. The predicted molar refractivity (Wildman–Crippen MR) is 88.9 cm³/mol. The van der Waals surface area contributed by atoms with Gasteiger partial charge in [0.2, 0.25) is 5.91 Å².